The molecule has 150 valence electrons. The van der Waals surface area contributed by atoms with Crippen LogP contribution in [0, 0.1) is 11.8 Å². The van der Waals surface area contributed by atoms with E-state index in [1.54, 1.807) is 0 Å². The number of nitrogens with one attached hydrogen (secondary N) is 1. The maximum Gasteiger partial charge on any atom is 0.192 e. The molecule has 0 amide bonds. The molecule has 0 bridgehead atoms. The summed E-state index contributed by atoms with van der Waals surface area (Å²) in [7, 11) is 0.361. The summed E-state index contributed by atoms with van der Waals surface area (Å²) in [6, 6.07) is 8.96. The van der Waals surface area contributed by atoms with Gasteiger partial charge in [0.25, 0.3) is 0 Å². The van der Waals surface area contributed by atoms with Gasteiger partial charge in [-0.05, 0) is 49.3 Å². The average molecular weight is 387 g/mol. The second-order valence-electron chi connectivity index (χ2n) is 9.17. The van der Waals surface area contributed by atoms with Crippen molar-refractivity contribution in [2.45, 2.75) is 70.8 Å². The van der Waals surface area contributed by atoms with Crippen molar-refractivity contribution in [2.24, 2.45) is 0 Å². The van der Waals surface area contributed by atoms with E-state index in [1.165, 1.54) is 5.56 Å². The van der Waals surface area contributed by atoms with Gasteiger partial charge >= 0.3 is 0 Å². The minimum absolute atomic E-state index is 0.272. The predicted molar refractivity (Wildman–Crippen MR) is 119 cm³/mol. The first-order valence-corrected chi connectivity index (χ1v) is 13.2. The summed E-state index contributed by atoms with van der Waals surface area (Å²) in [6.45, 7) is 16.9. The number of rotatable bonds is 6. The highest BCUT2D eigenvalue weighted by atomic mass is 28.4. The Hall–Kier alpha value is -1.12. The molecule has 2 rings (SSSR count). The fourth-order valence-electron chi connectivity index (χ4n) is 3.30. The molecule has 27 heavy (non-hydrogen) atoms. The van der Waals surface area contributed by atoms with Crippen molar-refractivity contribution in [1.82, 2.24) is 10.2 Å². The van der Waals surface area contributed by atoms with Gasteiger partial charge in [0, 0.05) is 37.7 Å². The summed E-state index contributed by atoms with van der Waals surface area (Å²) in [5.41, 5.74) is 2.42. The van der Waals surface area contributed by atoms with Gasteiger partial charge in [-0.25, -0.2) is 0 Å². The highest BCUT2D eigenvalue weighted by Crippen LogP contribution is 2.38. The van der Waals surface area contributed by atoms with Gasteiger partial charge in [-0.2, -0.15) is 0 Å². The molecule has 4 heteroatoms. The van der Waals surface area contributed by atoms with Crippen LogP contribution in [0.3, 0.4) is 0 Å². The van der Waals surface area contributed by atoms with Gasteiger partial charge < -0.3 is 9.74 Å². The van der Waals surface area contributed by atoms with Crippen LogP contribution < -0.4 is 5.32 Å². The van der Waals surface area contributed by atoms with Crippen molar-refractivity contribution in [1.29, 1.82) is 0 Å². The van der Waals surface area contributed by atoms with Gasteiger partial charge in [-0.1, -0.05) is 51.7 Å². The Bertz CT molecular complexity index is 669. The standard InChI is InChI=1S/C23H38N2OSi/c1-8-9-11-19-12-10-13-20(16-19)22(24-5)18-25-15-14-21(17-25)26-27(6,7)23(2,3)4/h10,12-13,16,21-22,24H,8,14-15,17-18H2,1-7H3/t21?,22-/m1/s1. The summed E-state index contributed by atoms with van der Waals surface area (Å²) in [4.78, 5) is 2.55. The predicted octanol–water partition coefficient (Wildman–Crippen LogP) is 4.80. The third-order valence-electron chi connectivity index (χ3n) is 5.98. The van der Waals surface area contributed by atoms with Crippen molar-refractivity contribution < 1.29 is 4.43 Å². The fourth-order valence-corrected chi connectivity index (χ4v) is 4.68. The van der Waals surface area contributed by atoms with Crippen molar-refractivity contribution in [2.75, 3.05) is 26.7 Å². The molecule has 1 saturated heterocycles. The van der Waals surface area contributed by atoms with Crippen LogP contribution in [0.4, 0.5) is 0 Å². The average Bonchev–Trinajstić information content (AvgIpc) is 3.03. The van der Waals surface area contributed by atoms with E-state index in [1.807, 2.05) is 0 Å². The molecular weight excluding hydrogens is 348 g/mol. The molecule has 2 atom stereocenters. The highest BCUT2D eigenvalue weighted by Gasteiger charge is 2.40. The molecule has 1 aliphatic heterocycles. The van der Waals surface area contributed by atoms with Gasteiger partial charge in [0.1, 0.15) is 0 Å². The van der Waals surface area contributed by atoms with Crippen LogP contribution in [-0.4, -0.2) is 46.0 Å². The Kier molecular flexibility index (Phi) is 7.70. The summed E-state index contributed by atoms with van der Waals surface area (Å²) >= 11 is 0. The van der Waals surface area contributed by atoms with Crippen LogP contribution in [0.1, 0.15) is 57.7 Å². The van der Waals surface area contributed by atoms with E-state index >= 15 is 0 Å². The Balaban J connectivity index is 1.98. The topological polar surface area (TPSA) is 24.5 Å². The molecule has 1 fully saturated rings. The zero-order valence-electron chi connectivity index (χ0n) is 18.4. The summed E-state index contributed by atoms with van der Waals surface area (Å²) < 4.78 is 6.64. The lowest BCUT2D eigenvalue weighted by Crippen LogP contribution is -2.44. The van der Waals surface area contributed by atoms with E-state index in [-0.39, 0.29) is 5.04 Å². The lowest BCUT2D eigenvalue weighted by Gasteiger charge is -2.38. The number of likely N-dealkylation sites (N-methyl/N-ethyl adjacent to an activating group) is 1. The number of benzene rings is 1. The smallest absolute Gasteiger partial charge is 0.192 e. The highest BCUT2D eigenvalue weighted by molar-refractivity contribution is 6.74. The van der Waals surface area contributed by atoms with E-state index in [2.05, 4.69) is 94.2 Å². The molecule has 0 aliphatic carbocycles. The molecule has 0 radical (unpaired) electrons. The minimum atomic E-state index is -1.69. The Morgan fingerprint density at radius 3 is 2.70 bits per heavy atom. The fraction of sp³-hybridized carbons (Fsp3) is 0.652. The summed E-state index contributed by atoms with van der Waals surface area (Å²) in [5.74, 6) is 6.42. The van der Waals surface area contributed by atoms with Crippen LogP contribution in [0.15, 0.2) is 24.3 Å². The monoisotopic (exact) mass is 386 g/mol. The Labute approximate surface area is 168 Å². The Morgan fingerprint density at radius 1 is 1.33 bits per heavy atom. The molecule has 0 aromatic heterocycles. The van der Waals surface area contributed by atoms with Crippen LogP contribution in [-0.2, 0) is 4.43 Å². The van der Waals surface area contributed by atoms with Crippen LogP contribution in [0.2, 0.25) is 18.1 Å². The maximum atomic E-state index is 6.64. The molecule has 1 aromatic carbocycles. The van der Waals surface area contributed by atoms with Crippen LogP contribution in [0.25, 0.3) is 0 Å². The molecule has 1 heterocycles. The number of hydrogen-bond donors (Lipinski definition) is 1. The van der Waals surface area contributed by atoms with Crippen molar-refractivity contribution in [3.8, 4) is 11.8 Å². The minimum Gasteiger partial charge on any atom is -0.413 e. The van der Waals surface area contributed by atoms with E-state index in [0.717, 1.165) is 38.0 Å². The molecule has 0 spiro atoms. The summed E-state index contributed by atoms with van der Waals surface area (Å²) in [6.07, 6.45) is 2.42. The van der Waals surface area contributed by atoms with Gasteiger partial charge in [0.15, 0.2) is 8.32 Å². The molecular formula is C23H38N2OSi. The molecule has 1 N–H and O–H groups in total. The van der Waals surface area contributed by atoms with E-state index in [0.29, 0.717) is 12.1 Å². The van der Waals surface area contributed by atoms with E-state index < -0.39 is 8.32 Å². The first-order valence-electron chi connectivity index (χ1n) is 10.3. The maximum absolute atomic E-state index is 6.64. The van der Waals surface area contributed by atoms with Gasteiger partial charge in [0.05, 0.1) is 6.10 Å². The van der Waals surface area contributed by atoms with Gasteiger partial charge in [-0.3, -0.25) is 4.90 Å². The van der Waals surface area contributed by atoms with Gasteiger partial charge in [-0.15, -0.1) is 0 Å². The SMILES string of the molecule is CCC#Cc1cccc([C@@H](CN2CCC(O[Si](C)(C)C(C)(C)C)C2)NC)c1. The van der Waals surface area contributed by atoms with Crippen LogP contribution in [0.5, 0.6) is 0 Å². The lowest BCUT2D eigenvalue weighted by molar-refractivity contribution is 0.177. The quantitative estimate of drug-likeness (QED) is 0.561. The third kappa shape index (κ3) is 6.19. The molecule has 0 saturated carbocycles. The van der Waals surface area contributed by atoms with Crippen molar-refractivity contribution >= 4 is 8.32 Å². The normalized spacial score (nSPS) is 19.6. The first-order chi connectivity index (χ1) is 12.7. The van der Waals surface area contributed by atoms with Crippen LogP contribution >= 0.6 is 0 Å². The largest absolute Gasteiger partial charge is 0.413 e. The third-order valence-corrected chi connectivity index (χ3v) is 10.5. The number of likely N-dealkylation sites (tertiary alicyclic amines) is 1. The van der Waals surface area contributed by atoms with Crippen molar-refractivity contribution in [3.05, 3.63) is 35.4 Å². The van der Waals surface area contributed by atoms with Crippen molar-refractivity contribution in [3.63, 3.8) is 0 Å². The molecule has 1 aromatic rings. The molecule has 1 unspecified atom stereocenters. The van der Waals surface area contributed by atoms with Gasteiger partial charge in [0.2, 0.25) is 0 Å². The zero-order valence-corrected chi connectivity index (χ0v) is 19.4. The van der Waals surface area contributed by atoms with E-state index in [4.69, 9.17) is 4.43 Å². The molecule has 3 nitrogen and oxygen atoms in total. The zero-order chi connectivity index (χ0) is 20.1. The summed E-state index contributed by atoms with van der Waals surface area (Å²) in [5, 5.41) is 3.77. The first kappa shape index (κ1) is 22.2. The second-order valence-corrected chi connectivity index (χ2v) is 13.9. The number of hydrogen-bond acceptors (Lipinski definition) is 3. The van der Waals surface area contributed by atoms with E-state index in [9.17, 15) is 0 Å². The lowest BCUT2D eigenvalue weighted by atomic mass is 10.0. The number of nitrogens with zero attached hydrogens (tertiary/aromatic N) is 1. The Morgan fingerprint density at radius 2 is 2.07 bits per heavy atom. The second kappa shape index (κ2) is 9.38. The molecule has 1 aliphatic rings.